The Labute approximate surface area is 135 Å². The van der Waals surface area contributed by atoms with E-state index in [0.29, 0.717) is 5.92 Å². The second kappa shape index (κ2) is 6.71. The van der Waals surface area contributed by atoms with Crippen LogP contribution in [0.25, 0.3) is 0 Å². The van der Waals surface area contributed by atoms with Crippen LogP contribution in [-0.2, 0) is 13.5 Å². The van der Waals surface area contributed by atoms with Gasteiger partial charge in [-0.1, -0.05) is 28.1 Å². The quantitative estimate of drug-likeness (QED) is 0.899. The predicted molar refractivity (Wildman–Crippen MR) is 89.3 cm³/mol. The molecule has 2 aromatic rings. The van der Waals surface area contributed by atoms with Gasteiger partial charge in [0.25, 0.3) is 0 Å². The third kappa shape index (κ3) is 4.93. The van der Waals surface area contributed by atoms with Crippen molar-refractivity contribution in [3.63, 3.8) is 0 Å². The van der Waals surface area contributed by atoms with Crippen molar-refractivity contribution < 1.29 is 0 Å². The first-order chi connectivity index (χ1) is 9.85. The van der Waals surface area contributed by atoms with Crippen molar-refractivity contribution >= 4 is 15.9 Å². The summed E-state index contributed by atoms with van der Waals surface area (Å²) in [4.78, 5) is 4.36. The van der Waals surface area contributed by atoms with Crippen molar-refractivity contribution in [2.45, 2.75) is 38.6 Å². The lowest BCUT2D eigenvalue weighted by Gasteiger charge is -2.25. The maximum atomic E-state index is 4.36. The molecule has 1 aromatic heterocycles. The lowest BCUT2D eigenvalue weighted by Crippen LogP contribution is -2.39. The van der Waals surface area contributed by atoms with Crippen LogP contribution in [0.1, 0.15) is 38.1 Å². The molecule has 0 bridgehead atoms. The fourth-order valence-corrected chi connectivity index (χ4v) is 2.46. The first-order valence-corrected chi connectivity index (χ1v) is 7.98. The highest BCUT2D eigenvalue weighted by atomic mass is 79.9. The van der Waals surface area contributed by atoms with Gasteiger partial charge in [0.1, 0.15) is 12.2 Å². The van der Waals surface area contributed by atoms with E-state index in [1.165, 1.54) is 5.56 Å². The minimum Gasteiger partial charge on any atom is -0.311 e. The summed E-state index contributed by atoms with van der Waals surface area (Å²) in [6.45, 7) is 7.48. The third-order valence-electron chi connectivity index (χ3n) is 3.45. The van der Waals surface area contributed by atoms with Crippen LogP contribution in [0.15, 0.2) is 35.1 Å². The molecule has 0 saturated heterocycles. The monoisotopic (exact) mass is 350 g/mol. The Morgan fingerprint density at radius 2 is 1.90 bits per heavy atom. The van der Waals surface area contributed by atoms with Crippen molar-refractivity contribution in [3.8, 4) is 0 Å². The zero-order chi connectivity index (χ0) is 15.5. The molecule has 0 radical (unpaired) electrons. The summed E-state index contributed by atoms with van der Waals surface area (Å²) in [5.74, 6) is 1.39. The molecule has 4 nitrogen and oxygen atoms in total. The minimum absolute atomic E-state index is 0.105. The molecule has 1 unspecified atom stereocenters. The van der Waals surface area contributed by atoms with Gasteiger partial charge in [-0.15, -0.1) is 0 Å². The molecule has 5 heteroatoms. The maximum Gasteiger partial charge on any atom is 0.138 e. The van der Waals surface area contributed by atoms with E-state index in [9.17, 15) is 0 Å². The van der Waals surface area contributed by atoms with Crippen molar-refractivity contribution in [1.29, 1.82) is 0 Å². The molecule has 0 saturated carbocycles. The van der Waals surface area contributed by atoms with Gasteiger partial charge in [0.05, 0.1) is 0 Å². The summed E-state index contributed by atoms with van der Waals surface area (Å²) < 4.78 is 2.95. The molecule has 0 spiro atoms. The van der Waals surface area contributed by atoms with Crippen LogP contribution in [0.2, 0.25) is 0 Å². The molecule has 1 atom stereocenters. The minimum atomic E-state index is 0.105. The molecule has 2 rings (SSSR count). The van der Waals surface area contributed by atoms with Gasteiger partial charge >= 0.3 is 0 Å². The summed E-state index contributed by atoms with van der Waals surface area (Å²) in [5, 5.41) is 7.76. The normalized spacial score (nSPS) is 13.4. The topological polar surface area (TPSA) is 42.7 Å². The molecule has 0 aliphatic heterocycles. The van der Waals surface area contributed by atoms with Gasteiger partial charge in [-0.2, -0.15) is 5.10 Å². The first kappa shape index (κ1) is 16.2. The molecule has 1 N–H and O–H groups in total. The Morgan fingerprint density at radius 3 is 2.43 bits per heavy atom. The van der Waals surface area contributed by atoms with Gasteiger partial charge in [0.2, 0.25) is 0 Å². The number of hydrogen-bond acceptors (Lipinski definition) is 3. The molecule has 0 aliphatic rings. The predicted octanol–water partition coefficient (Wildman–Crippen LogP) is 3.29. The van der Waals surface area contributed by atoms with Crippen LogP contribution in [-0.4, -0.2) is 26.8 Å². The number of benzene rings is 1. The van der Waals surface area contributed by atoms with Crippen LogP contribution in [0, 0.1) is 0 Å². The molecular formula is C16H23BrN4. The zero-order valence-electron chi connectivity index (χ0n) is 13.1. The maximum absolute atomic E-state index is 4.36. The van der Waals surface area contributed by atoms with E-state index in [1.807, 2.05) is 11.7 Å². The summed E-state index contributed by atoms with van der Waals surface area (Å²) in [5.41, 5.74) is 1.42. The highest BCUT2D eigenvalue weighted by molar-refractivity contribution is 9.10. The van der Waals surface area contributed by atoms with Crippen molar-refractivity contribution in [1.82, 2.24) is 20.1 Å². The van der Waals surface area contributed by atoms with E-state index in [2.05, 4.69) is 76.4 Å². The highest BCUT2D eigenvalue weighted by Crippen LogP contribution is 2.22. The van der Waals surface area contributed by atoms with Gasteiger partial charge in [-0.3, -0.25) is 4.68 Å². The molecule has 21 heavy (non-hydrogen) atoms. The van der Waals surface area contributed by atoms with Gasteiger partial charge in [0.15, 0.2) is 0 Å². The second-order valence-electron chi connectivity index (χ2n) is 6.38. The van der Waals surface area contributed by atoms with E-state index in [-0.39, 0.29) is 5.54 Å². The van der Waals surface area contributed by atoms with Gasteiger partial charge in [0, 0.05) is 35.9 Å². The summed E-state index contributed by atoms with van der Waals surface area (Å²) in [7, 11) is 1.94. The largest absolute Gasteiger partial charge is 0.311 e. The van der Waals surface area contributed by atoms with Crippen molar-refractivity contribution in [2.24, 2.45) is 7.05 Å². The number of rotatable bonds is 5. The second-order valence-corrected chi connectivity index (χ2v) is 7.30. The molecule has 1 aromatic carbocycles. The van der Waals surface area contributed by atoms with E-state index in [0.717, 1.165) is 23.3 Å². The Bertz CT molecular complexity index is 569. The number of nitrogens with one attached hydrogen (secondary N) is 1. The molecule has 0 amide bonds. The fourth-order valence-electron chi connectivity index (χ4n) is 2.20. The fraction of sp³-hybridized carbons (Fsp3) is 0.500. The van der Waals surface area contributed by atoms with Gasteiger partial charge in [-0.25, -0.2) is 4.98 Å². The van der Waals surface area contributed by atoms with Crippen LogP contribution < -0.4 is 5.32 Å². The molecule has 1 heterocycles. The third-order valence-corrected chi connectivity index (χ3v) is 3.98. The first-order valence-electron chi connectivity index (χ1n) is 7.18. The lowest BCUT2D eigenvalue weighted by atomic mass is 9.94. The van der Waals surface area contributed by atoms with E-state index in [4.69, 9.17) is 0 Å². The lowest BCUT2D eigenvalue weighted by molar-refractivity contribution is 0.402. The van der Waals surface area contributed by atoms with E-state index < -0.39 is 0 Å². The molecular weight excluding hydrogens is 328 g/mol. The Balaban J connectivity index is 2.17. The zero-order valence-corrected chi connectivity index (χ0v) is 14.7. The average Bonchev–Trinajstić information content (AvgIpc) is 2.80. The number of halogens is 1. The van der Waals surface area contributed by atoms with Crippen LogP contribution in [0.4, 0.5) is 0 Å². The highest BCUT2D eigenvalue weighted by Gasteiger charge is 2.18. The Morgan fingerprint density at radius 1 is 1.24 bits per heavy atom. The smallest absolute Gasteiger partial charge is 0.138 e. The van der Waals surface area contributed by atoms with E-state index >= 15 is 0 Å². The molecule has 0 aliphatic carbocycles. The number of hydrogen-bond donors (Lipinski definition) is 1. The Hall–Kier alpha value is -1.20. The summed E-state index contributed by atoms with van der Waals surface area (Å²) >= 11 is 3.50. The summed E-state index contributed by atoms with van der Waals surface area (Å²) in [6, 6.07) is 8.54. The van der Waals surface area contributed by atoms with Crippen LogP contribution in [0.5, 0.6) is 0 Å². The van der Waals surface area contributed by atoms with E-state index in [1.54, 1.807) is 6.33 Å². The summed E-state index contributed by atoms with van der Waals surface area (Å²) in [6.07, 6.45) is 2.49. The van der Waals surface area contributed by atoms with Gasteiger partial charge in [-0.05, 0) is 38.5 Å². The van der Waals surface area contributed by atoms with Crippen molar-refractivity contribution in [2.75, 3.05) is 6.54 Å². The SMILES string of the molecule is Cn1ncnc1CC(CNC(C)(C)C)c1ccc(Br)cc1. The molecule has 114 valence electrons. The van der Waals surface area contributed by atoms with Crippen LogP contribution >= 0.6 is 15.9 Å². The van der Waals surface area contributed by atoms with Crippen molar-refractivity contribution in [3.05, 3.63) is 46.5 Å². The number of aromatic nitrogens is 3. The van der Waals surface area contributed by atoms with Crippen LogP contribution in [0.3, 0.4) is 0 Å². The number of nitrogens with zero attached hydrogens (tertiary/aromatic N) is 3. The molecule has 0 fully saturated rings. The standard InChI is InChI=1S/C16H23BrN4/c1-16(2,3)19-10-13(9-15-18-11-20-21(15)4)12-5-7-14(17)8-6-12/h5-8,11,13,19H,9-10H2,1-4H3. The average molecular weight is 351 g/mol. The number of aryl methyl sites for hydroxylation is 1. The van der Waals surface area contributed by atoms with Gasteiger partial charge < -0.3 is 5.32 Å². The Kier molecular flexibility index (Phi) is 5.17.